The summed E-state index contributed by atoms with van der Waals surface area (Å²) >= 11 is 0. The van der Waals surface area contributed by atoms with E-state index >= 15 is 0 Å². The molecule has 15 heteroatoms. The monoisotopic (exact) mass is 766 g/mol. The van der Waals surface area contributed by atoms with Crippen LogP contribution >= 0.6 is 0 Å². The standard InChI is InChI=1S/C20H17N3O5.C19H17N3O3.Cr/c1-12-7-6-10-15(16(12)19(25)26)21-11-14-17(20(27)28-2)22-23(18(14)24)13-8-4-3-5-9-13;1-12-7-6-10-16(17(12)19(24)25)20-11-15-13(2)21-22(18(15)23)14-8-4-3-5-9-14;/h3-11,24H,1-2H3,(H,25,26);3-11,23H,1-2H3,(H,24,25);. The van der Waals surface area contributed by atoms with Crippen molar-refractivity contribution < 1.29 is 56.9 Å². The molecular formula is C39H34CrN6O8. The molecule has 0 spiro atoms. The van der Waals surface area contributed by atoms with Crippen LogP contribution in [0.5, 0.6) is 11.8 Å². The number of benzene rings is 4. The number of hydrogen-bond acceptors (Lipinski definition) is 10. The van der Waals surface area contributed by atoms with Gasteiger partial charge < -0.3 is 25.2 Å². The Bertz CT molecular complexity index is 2370. The molecule has 6 rings (SSSR count). The van der Waals surface area contributed by atoms with Gasteiger partial charge in [-0.1, -0.05) is 60.7 Å². The van der Waals surface area contributed by atoms with Crippen LogP contribution in [-0.4, -0.2) is 77.4 Å². The van der Waals surface area contributed by atoms with Gasteiger partial charge in [0.05, 0.1) is 57.8 Å². The third-order valence-electron chi connectivity index (χ3n) is 7.95. The van der Waals surface area contributed by atoms with Crippen LogP contribution in [-0.2, 0) is 22.1 Å². The largest absolute Gasteiger partial charge is 0.493 e. The Morgan fingerprint density at radius 3 is 1.50 bits per heavy atom. The Kier molecular flexibility index (Phi) is 13.0. The van der Waals surface area contributed by atoms with Crippen molar-refractivity contribution in [3.8, 4) is 23.1 Å². The minimum Gasteiger partial charge on any atom is -0.493 e. The van der Waals surface area contributed by atoms with Gasteiger partial charge in [0, 0.05) is 29.8 Å². The van der Waals surface area contributed by atoms with Crippen molar-refractivity contribution in [2.45, 2.75) is 20.8 Å². The molecule has 4 N–H and O–H groups in total. The summed E-state index contributed by atoms with van der Waals surface area (Å²) in [6, 6.07) is 27.9. The van der Waals surface area contributed by atoms with Crippen molar-refractivity contribution in [3.05, 3.63) is 142 Å². The first-order valence-corrected chi connectivity index (χ1v) is 16.0. The van der Waals surface area contributed by atoms with Gasteiger partial charge in [-0.25, -0.2) is 19.1 Å². The third-order valence-corrected chi connectivity index (χ3v) is 7.95. The molecule has 0 amide bonds. The maximum Gasteiger partial charge on any atom is 0.359 e. The summed E-state index contributed by atoms with van der Waals surface area (Å²) in [6.45, 7) is 5.14. The maximum atomic E-state index is 12.1. The van der Waals surface area contributed by atoms with Gasteiger partial charge in [0.1, 0.15) is 0 Å². The molecular weight excluding hydrogens is 732 g/mol. The predicted octanol–water partition coefficient (Wildman–Crippen LogP) is 6.76. The summed E-state index contributed by atoms with van der Waals surface area (Å²) in [7, 11) is 1.20. The van der Waals surface area contributed by atoms with Crippen molar-refractivity contribution in [3.63, 3.8) is 0 Å². The van der Waals surface area contributed by atoms with Crippen molar-refractivity contribution in [2.24, 2.45) is 9.98 Å². The molecule has 0 unspecified atom stereocenters. The van der Waals surface area contributed by atoms with Crippen LogP contribution in [0.1, 0.15) is 59.2 Å². The molecule has 0 saturated heterocycles. The zero-order chi connectivity index (χ0) is 38.2. The first kappa shape index (κ1) is 40.0. The van der Waals surface area contributed by atoms with Crippen molar-refractivity contribution in [1.82, 2.24) is 19.6 Å². The average molecular weight is 767 g/mol. The summed E-state index contributed by atoms with van der Waals surface area (Å²) in [5.74, 6) is -3.28. The topological polar surface area (TPSA) is 202 Å². The average Bonchev–Trinajstić information content (AvgIpc) is 3.63. The van der Waals surface area contributed by atoms with Crippen molar-refractivity contribution in [1.29, 1.82) is 0 Å². The number of nitrogens with zero attached hydrogens (tertiary/aromatic N) is 6. The molecule has 0 aliphatic carbocycles. The predicted molar refractivity (Wildman–Crippen MR) is 197 cm³/mol. The molecule has 14 nitrogen and oxygen atoms in total. The van der Waals surface area contributed by atoms with Gasteiger partial charge in [-0.3, -0.25) is 9.98 Å². The van der Waals surface area contributed by atoms with E-state index in [-0.39, 0.29) is 57.2 Å². The minimum absolute atomic E-state index is 0. The number of ether oxygens (including phenoxy) is 1. The smallest absolute Gasteiger partial charge is 0.359 e. The zero-order valence-electron chi connectivity index (χ0n) is 29.4. The SMILES string of the molecule is COC(=O)c1nn(-c2ccccc2)c(O)c1C=Nc1cccc(C)c1C(=O)O.Cc1cccc(N=Cc2c(C)nn(-c3ccccc3)c2O)c1C(=O)O.[Cr]. The molecule has 0 radical (unpaired) electrons. The molecule has 0 atom stereocenters. The number of para-hydroxylation sites is 2. The van der Waals surface area contributed by atoms with Crippen molar-refractivity contribution in [2.75, 3.05) is 7.11 Å². The number of carboxylic acids is 2. The zero-order valence-corrected chi connectivity index (χ0v) is 30.7. The van der Waals surface area contributed by atoms with E-state index in [4.69, 9.17) is 4.74 Å². The molecule has 0 aliphatic heterocycles. The quantitative estimate of drug-likeness (QED) is 0.0900. The number of aromatic hydroxyl groups is 2. The molecule has 0 fully saturated rings. The fourth-order valence-electron chi connectivity index (χ4n) is 5.31. The van der Waals surface area contributed by atoms with Gasteiger partial charge in [-0.2, -0.15) is 14.9 Å². The fourth-order valence-corrected chi connectivity index (χ4v) is 5.31. The second-order valence-electron chi connectivity index (χ2n) is 11.5. The summed E-state index contributed by atoms with van der Waals surface area (Å²) < 4.78 is 7.34. The number of carbonyl (C=O) groups excluding carboxylic acids is 1. The van der Waals surface area contributed by atoms with Gasteiger partial charge >= 0.3 is 17.9 Å². The van der Waals surface area contributed by atoms with E-state index in [0.29, 0.717) is 33.8 Å². The van der Waals surface area contributed by atoms with Gasteiger partial charge in [0.2, 0.25) is 11.8 Å². The Labute approximate surface area is 320 Å². The van der Waals surface area contributed by atoms with E-state index in [9.17, 15) is 34.8 Å². The maximum absolute atomic E-state index is 12.1. The number of carbonyl (C=O) groups is 3. The van der Waals surface area contributed by atoms with Gasteiger partial charge in [0.25, 0.3) is 0 Å². The van der Waals surface area contributed by atoms with E-state index in [0.717, 1.165) is 5.69 Å². The van der Waals surface area contributed by atoms with E-state index in [1.807, 2.05) is 30.3 Å². The Balaban J connectivity index is 0.000000238. The number of rotatable bonds is 9. The molecule has 2 aromatic heterocycles. The molecule has 274 valence electrons. The van der Waals surface area contributed by atoms with Crippen LogP contribution in [0.2, 0.25) is 0 Å². The summed E-state index contributed by atoms with van der Waals surface area (Å²) in [5.41, 5.74) is 4.05. The molecule has 54 heavy (non-hydrogen) atoms. The number of aromatic carboxylic acids is 2. The number of esters is 1. The summed E-state index contributed by atoms with van der Waals surface area (Å²) in [5, 5.41) is 48.3. The molecule has 0 saturated carbocycles. The van der Waals surface area contributed by atoms with E-state index in [1.54, 1.807) is 81.4 Å². The molecule has 4 aromatic carbocycles. The van der Waals surface area contributed by atoms with Crippen LogP contribution in [0, 0.1) is 20.8 Å². The van der Waals surface area contributed by atoms with Crippen LogP contribution in [0.25, 0.3) is 11.4 Å². The van der Waals surface area contributed by atoms with Crippen LogP contribution < -0.4 is 0 Å². The number of hydrogen-bond donors (Lipinski definition) is 4. The van der Waals surface area contributed by atoms with Gasteiger partial charge in [-0.05, 0) is 68.3 Å². The summed E-state index contributed by atoms with van der Waals surface area (Å²) in [6.07, 6.45) is 2.65. The molecule has 0 bridgehead atoms. The van der Waals surface area contributed by atoms with Crippen molar-refractivity contribution >= 4 is 41.7 Å². The number of carboxylic acid groups (broad SMARTS) is 2. The molecule has 0 aliphatic rings. The second kappa shape index (κ2) is 17.6. The summed E-state index contributed by atoms with van der Waals surface area (Å²) in [4.78, 5) is 43.5. The number of aliphatic imine (C=N–C) groups is 2. The molecule has 6 aromatic rings. The molecule has 2 heterocycles. The van der Waals surface area contributed by atoms with Crippen LogP contribution in [0.15, 0.2) is 107 Å². The third kappa shape index (κ3) is 8.62. The van der Waals surface area contributed by atoms with Crippen LogP contribution in [0.3, 0.4) is 0 Å². The Morgan fingerprint density at radius 1 is 0.630 bits per heavy atom. The van der Waals surface area contributed by atoms with E-state index in [1.165, 1.54) is 35.0 Å². The van der Waals surface area contributed by atoms with Crippen LogP contribution in [0.4, 0.5) is 11.4 Å². The Morgan fingerprint density at radius 2 is 1.06 bits per heavy atom. The normalized spacial score (nSPS) is 10.8. The van der Waals surface area contributed by atoms with E-state index in [2.05, 4.69) is 20.2 Å². The number of aromatic nitrogens is 4. The first-order chi connectivity index (χ1) is 25.4. The van der Waals surface area contributed by atoms with Gasteiger partial charge in [0.15, 0.2) is 5.69 Å². The second-order valence-corrected chi connectivity index (χ2v) is 11.5. The number of methoxy groups -OCH3 is 1. The Hall–Kier alpha value is -6.82. The van der Waals surface area contributed by atoms with E-state index < -0.39 is 17.9 Å². The van der Waals surface area contributed by atoms with Gasteiger partial charge in [-0.15, -0.1) is 0 Å². The number of aryl methyl sites for hydroxylation is 3. The minimum atomic E-state index is -1.12. The first-order valence-electron chi connectivity index (χ1n) is 16.0. The fraction of sp³-hybridized carbons (Fsp3) is 0.103.